The molecule has 0 radical (unpaired) electrons. The third-order valence-electron chi connectivity index (χ3n) is 14.5. The number of amides is 6. The molecular weight excluding hydrogens is 954 g/mol. The lowest BCUT2D eigenvalue weighted by Gasteiger charge is -2.35. The molecule has 3 aromatic carbocycles. The minimum atomic E-state index is -1.99. The molecule has 4 aliphatic rings. The Morgan fingerprint density at radius 2 is 1.73 bits per heavy atom. The minimum Gasteiger partial charge on any atom is -0.493 e. The van der Waals surface area contributed by atoms with Gasteiger partial charge in [-0.1, -0.05) is 75.4 Å². The second-order valence-electron chi connectivity index (χ2n) is 21.1. The van der Waals surface area contributed by atoms with Crippen LogP contribution in [0.3, 0.4) is 0 Å². The lowest BCUT2D eigenvalue weighted by Crippen LogP contribution is -2.59. The summed E-state index contributed by atoms with van der Waals surface area (Å²) in [6.07, 6.45) is 2.81. The van der Waals surface area contributed by atoms with Gasteiger partial charge in [0.2, 0.25) is 29.5 Å². The zero-order valence-electron chi connectivity index (χ0n) is 42.3. The molecule has 3 aliphatic heterocycles. The molecule has 390 valence electrons. The number of primary amides is 1. The number of nitrogens with two attached hydrogens (primary N) is 1. The van der Waals surface area contributed by atoms with Crippen molar-refractivity contribution < 1.29 is 47.7 Å². The number of hydrogen-bond donors (Lipinski definition) is 5. The second-order valence-corrected chi connectivity index (χ2v) is 22.0. The average molecular weight is 1020 g/mol. The smallest absolute Gasteiger partial charge is 0.258 e. The van der Waals surface area contributed by atoms with Gasteiger partial charge in [0.1, 0.15) is 23.9 Å². The highest BCUT2D eigenvalue weighted by atomic mass is 32.1. The summed E-state index contributed by atoms with van der Waals surface area (Å²) in [7, 11) is 0. The van der Waals surface area contributed by atoms with Crippen molar-refractivity contribution in [2.45, 2.75) is 160 Å². The number of halogens is 1. The summed E-state index contributed by atoms with van der Waals surface area (Å²) in [5, 5.41) is 19.3. The molecule has 0 spiro atoms. The first-order chi connectivity index (χ1) is 34.8. The van der Waals surface area contributed by atoms with Crippen LogP contribution >= 0.6 is 11.3 Å². The van der Waals surface area contributed by atoms with Gasteiger partial charge in [0, 0.05) is 44.3 Å². The number of hydrogen-bond acceptors (Lipinski definition) is 11. The zero-order chi connectivity index (χ0) is 52.2. The Hall–Kier alpha value is -6.24. The number of aryl methyl sites for hydroxylation is 3. The highest BCUT2D eigenvalue weighted by Gasteiger charge is 2.53. The number of carbonyl (C=O) groups excluding carboxylic acids is 6. The standard InChI is InChI=1S/C55H68FN7O9S/c1-32-48(73-31-59-32)38-18-19-39(28-58-50(67)42-27-40(64)29-62(42)52(69)49(54(3,4)5)61-53(70)55(56)22-23-55)44(26-38)71-24-8-9-34-14-16-35(17-15-34)30-72-33(2)41(20-21-45(57)65)60-51(68)43-25-37-12-6-10-36-11-7-13-46(66)63(43)47(36)37/h6,10,12,14-19,26,31,33,40-43,49,64H,7-9,11,13,20-25,27-30H2,1-5H3,(H2,57,65)(H,58,67)(H,60,68)(H,61,70)/t33-,40-,41+,42+,43+,49-/m1/s1. The summed E-state index contributed by atoms with van der Waals surface area (Å²) in [4.78, 5) is 88.0. The molecule has 73 heavy (non-hydrogen) atoms. The molecule has 4 aromatic rings. The lowest BCUT2D eigenvalue weighted by atomic mass is 9.85. The van der Waals surface area contributed by atoms with Crippen molar-refractivity contribution in [3.05, 3.63) is 99.7 Å². The Bertz CT molecular complexity index is 2700. The van der Waals surface area contributed by atoms with Gasteiger partial charge in [-0.05, 0) is 98.1 Å². The Kier molecular flexibility index (Phi) is 16.3. The van der Waals surface area contributed by atoms with Gasteiger partial charge >= 0.3 is 0 Å². The predicted octanol–water partition coefficient (Wildman–Crippen LogP) is 5.69. The van der Waals surface area contributed by atoms with E-state index >= 15 is 0 Å². The maximum Gasteiger partial charge on any atom is 0.258 e. The molecule has 0 unspecified atom stereocenters. The number of aliphatic hydroxyl groups excluding tert-OH is 1. The highest BCUT2D eigenvalue weighted by molar-refractivity contribution is 7.13. The van der Waals surface area contributed by atoms with Gasteiger partial charge in [-0.25, -0.2) is 9.37 Å². The predicted molar refractivity (Wildman–Crippen MR) is 274 cm³/mol. The summed E-state index contributed by atoms with van der Waals surface area (Å²) in [5.74, 6) is -2.12. The summed E-state index contributed by atoms with van der Waals surface area (Å²) in [6.45, 7) is 9.67. The molecule has 18 heteroatoms. The molecule has 1 aliphatic carbocycles. The normalized spacial score (nSPS) is 20.1. The molecule has 0 bridgehead atoms. The largest absolute Gasteiger partial charge is 0.493 e. The van der Waals surface area contributed by atoms with E-state index in [1.54, 1.807) is 31.2 Å². The van der Waals surface area contributed by atoms with Crippen LogP contribution in [-0.4, -0.2) is 106 Å². The summed E-state index contributed by atoms with van der Waals surface area (Å²) < 4.78 is 27.4. The van der Waals surface area contributed by atoms with Crippen molar-refractivity contribution in [2.24, 2.45) is 11.1 Å². The number of nitrogens with zero attached hydrogens (tertiary/aromatic N) is 3. The number of alkyl halides is 1. The van der Waals surface area contributed by atoms with Crippen molar-refractivity contribution in [3.63, 3.8) is 0 Å². The van der Waals surface area contributed by atoms with E-state index < -0.39 is 71.1 Å². The Morgan fingerprint density at radius 3 is 2.42 bits per heavy atom. The molecule has 2 fully saturated rings. The van der Waals surface area contributed by atoms with E-state index in [0.29, 0.717) is 43.6 Å². The number of aromatic nitrogens is 1. The molecule has 6 atom stereocenters. The van der Waals surface area contributed by atoms with Crippen molar-refractivity contribution in [1.29, 1.82) is 0 Å². The van der Waals surface area contributed by atoms with E-state index in [1.807, 2.05) is 74.5 Å². The van der Waals surface area contributed by atoms with Crippen LogP contribution in [0, 0.1) is 12.3 Å². The number of β-amino-alcohol motifs (C(OH)–C–C–N with tert-alkyl or cyclic N) is 1. The van der Waals surface area contributed by atoms with Gasteiger partial charge in [0.15, 0.2) is 5.67 Å². The van der Waals surface area contributed by atoms with E-state index in [1.165, 1.54) is 16.2 Å². The molecule has 8 rings (SSSR count). The number of anilines is 1. The Morgan fingerprint density at radius 1 is 0.986 bits per heavy atom. The molecule has 1 saturated carbocycles. The van der Waals surface area contributed by atoms with Gasteiger partial charge in [-0.2, -0.15) is 0 Å². The maximum absolute atomic E-state index is 14.7. The molecular formula is C55H68FN7O9S. The van der Waals surface area contributed by atoms with Gasteiger partial charge in [-0.3, -0.25) is 33.7 Å². The first kappa shape index (κ1) is 53.1. The summed E-state index contributed by atoms with van der Waals surface area (Å²) >= 11 is 1.51. The van der Waals surface area contributed by atoms with Crippen LogP contribution in [0.1, 0.15) is 113 Å². The van der Waals surface area contributed by atoms with Crippen molar-refractivity contribution in [3.8, 4) is 16.2 Å². The topological polar surface area (TPSA) is 223 Å². The second kappa shape index (κ2) is 22.5. The first-order valence-corrected chi connectivity index (χ1v) is 26.3. The highest BCUT2D eigenvalue weighted by Crippen LogP contribution is 2.41. The maximum atomic E-state index is 14.7. The summed E-state index contributed by atoms with van der Waals surface area (Å²) in [5.41, 5.74) is 12.0. The molecule has 1 aromatic heterocycles. The van der Waals surface area contributed by atoms with E-state index in [-0.39, 0.29) is 63.6 Å². The number of nitrogens with one attached hydrogen (secondary N) is 3. The third kappa shape index (κ3) is 12.6. The summed E-state index contributed by atoms with van der Waals surface area (Å²) in [6, 6.07) is 16.5. The number of likely N-dealkylation sites (tertiary alicyclic amines) is 1. The number of ether oxygens (including phenoxy) is 2. The van der Waals surface area contributed by atoms with Crippen LogP contribution in [0.4, 0.5) is 10.1 Å². The zero-order valence-corrected chi connectivity index (χ0v) is 43.2. The van der Waals surface area contributed by atoms with E-state index in [2.05, 4.69) is 20.9 Å². The first-order valence-electron chi connectivity index (χ1n) is 25.4. The van der Waals surface area contributed by atoms with E-state index in [4.69, 9.17) is 15.2 Å². The SMILES string of the molecule is Cc1ncsc1-c1ccc(CNC(=O)[C@@H]2C[C@@H](O)CN2C(=O)[C@@H](NC(=O)C2(F)CC2)C(C)(C)C)c(OCCCc2ccc(CO[C@H](C)[C@H](CCC(N)=O)NC(=O)[C@@H]3Cc4cccc5c4N3C(=O)CCC5)cc2)c1. The van der Waals surface area contributed by atoms with Crippen molar-refractivity contribution >= 4 is 52.5 Å². The third-order valence-corrected chi connectivity index (χ3v) is 15.4. The van der Waals surface area contributed by atoms with Crippen LogP contribution in [0.25, 0.3) is 10.4 Å². The monoisotopic (exact) mass is 1020 g/mol. The van der Waals surface area contributed by atoms with Crippen LogP contribution in [-0.2, 0) is 65.9 Å². The fraction of sp³-hybridized carbons (Fsp3) is 0.509. The van der Waals surface area contributed by atoms with Gasteiger partial charge < -0.3 is 41.2 Å². The van der Waals surface area contributed by atoms with Crippen molar-refractivity contribution in [1.82, 2.24) is 25.8 Å². The Labute approximate surface area is 430 Å². The molecule has 6 amide bonds. The van der Waals surface area contributed by atoms with E-state index in [9.17, 15) is 38.3 Å². The molecule has 4 heterocycles. The fourth-order valence-electron chi connectivity index (χ4n) is 10.0. The number of aliphatic hydroxyl groups is 1. The average Bonchev–Trinajstić information content (AvgIpc) is 3.61. The number of rotatable bonds is 21. The number of para-hydroxylation sites is 1. The van der Waals surface area contributed by atoms with Crippen LogP contribution in [0.15, 0.2) is 66.2 Å². The molecule has 1 saturated heterocycles. The van der Waals surface area contributed by atoms with Gasteiger partial charge in [0.25, 0.3) is 5.91 Å². The Balaban J connectivity index is 0.855. The van der Waals surface area contributed by atoms with Gasteiger partial charge in [-0.15, -0.1) is 11.3 Å². The number of benzene rings is 3. The number of thiazole rings is 1. The lowest BCUT2D eigenvalue weighted by molar-refractivity contribution is -0.145. The van der Waals surface area contributed by atoms with Crippen LogP contribution in [0.5, 0.6) is 5.75 Å². The van der Waals surface area contributed by atoms with Crippen LogP contribution in [0.2, 0.25) is 0 Å². The van der Waals surface area contributed by atoms with Crippen molar-refractivity contribution in [2.75, 3.05) is 18.1 Å². The quantitative estimate of drug-likeness (QED) is 0.0642. The minimum absolute atomic E-state index is 0.00904. The van der Waals surface area contributed by atoms with Crippen LogP contribution < -0.4 is 31.3 Å². The fourth-order valence-corrected chi connectivity index (χ4v) is 10.8. The van der Waals surface area contributed by atoms with Gasteiger partial charge in [0.05, 0.1) is 53.2 Å². The molecule has 6 N–H and O–H groups in total. The van der Waals surface area contributed by atoms with E-state index in [0.717, 1.165) is 56.9 Å². The number of carbonyl (C=O) groups is 6. The molecule has 16 nitrogen and oxygen atoms in total.